The Bertz CT molecular complexity index is 1120. The average Bonchev–Trinajstić information content (AvgIpc) is 3.22. The van der Waals surface area contributed by atoms with Crippen LogP contribution in [0, 0.1) is 0 Å². The molecule has 12 unspecified atom stereocenters. The molecule has 14 nitrogen and oxygen atoms in total. The highest BCUT2D eigenvalue weighted by atomic mass is 16.7. The number of ether oxygens (including phenoxy) is 4. The van der Waals surface area contributed by atoms with Gasteiger partial charge in [0.05, 0.1) is 32.0 Å². The number of aliphatic hydroxyl groups excluding tert-OH is 8. The second-order valence-electron chi connectivity index (χ2n) is 15.8. The molecule has 2 rings (SSSR count). The Hall–Kier alpha value is -1.79. The fraction of sp³-hybridized carbons (Fsp3) is 0.841. The summed E-state index contributed by atoms with van der Waals surface area (Å²) in [4.78, 5) is 13.0. The van der Waals surface area contributed by atoms with Crippen molar-refractivity contribution in [2.75, 3.05) is 19.8 Å². The minimum Gasteiger partial charge on any atom is -0.394 e. The molecule has 2 aliphatic rings. The van der Waals surface area contributed by atoms with E-state index < -0.39 is 86.8 Å². The van der Waals surface area contributed by atoms with Crippen molar-refractivity contribution in [3.63, 3.8) is 0 Å². The van der Waals surface area contributed by atoms with Crippen molar-refractivity contribution < 1.29 is 64.6 Å². The van der Waals surface area contributed by atoms with Crippen LogP contribution in [0.2, 0.25) is 0 Å². The summed E-state index contributed by atoms with van der Waals surface area (Å²) in [6.07, 6.45) is 16.4. The van der Waals surface area contributed by atoms with E-state index in [1.54, 1.807) is 0 Å². The van der Waals surface area contributed by atoms with E-state index in [2.05, 4.69) is 55.6 Å². The second kappa shape index (κ2) is 32.0. The number of rotatable bonds is 32. The quantitative estimate of drug-likeness (QED) is 0.0346. The second-order valence-corrected chi connectivity index (χ2v) is 15.8. The maximum atomic E-state index is 13.0. The zero-order chi connectivity index (χ0) is 42.5. The van der Waals surface area contributed by atoms with Crippen molar-refractivity contribution >= 4 is 5.91 Å². The molecule has 0 aromatic heterocycles. The van der Waals surface area contributed by atoms with Crippen LogP contribution < -0.4 is 5.32 Å². The number of nitrogens with one attached hydrogen (secondary N) is 1. The van der Waals surface area contributed by atoms with E-state index in [9.17, 15) is 45.6 Å². The highest BCUT2D eigenvalue weighted by molar-refractivity contribution is 5.76. The molecule has 14 heteroatoms. The third-order valence-electron chi connectivity index (χ3n) is 10.9. The van der Waals surface area contributed by atoms with Crippen LogP contribution in [-0.2, 0) is 23.7 Å². The van der Waals surface area contributed by atoms with E-state index in [1.165, 1.54) is 25.7 Å². The maximum Gasteiger partial charge on any atom is 0.220 e. The van der Waals surface area contributed by atoms with E-state index in [4.69, 9.17) is 18.9 Å². The number of allylic oxidation sites excluding steroid dienone is 6. The fourth-order valence-corrected chi connectivity index (χ4v) is 7.12. The lowest BCUT2D eigenvalue weighted by molar-refractivity contribution is -0.359. The highest BCUT2D eigenvalue weighted by Crippen LogP contribution is 2.30. The molecule has 338 valence electrons. The van der Waals surface area contributed by atoms with Gasteiger partial charge in [-0.25, -0.2) is 0 Å². The fourth-order valence-electron chi connectivity index (χ4n) is 7.12. The minimum atomic E-state index is -1.78. The van der Waals surface area contributed by atoms with Crippen molar-refractivity contribution in [1.82, 2.24) is 5.32 Å². The summed E-state index contributed by atoms with van der Waals surface area (Å²) in [7, 11) is 0. The first-order chi connectivity index (χ1) is 28.1. The summed E-state index contributed by atoms with van der Waals surface area (Å²) in [6, 6.07) is -0.831. The molecule has 0 spiro atoms. The number of carbonyl (C=O) groups is 1. The number of carbonyl (C=O) groups excluding carboxylic acids is 1. The van der Waals surface area contributed by atoms with Crippen LogP contribution in [0.4, 0.5) is 0 Å². The van der Waals surface area contributed by atoms with E-state index in [1.807, 2.05) is 0 Å². The summed E-state index contributed by atoms with van der Waals surface area (Å²) >= 11 is 0. The molecule has 9 N–H and O–H groups in total. The monoisotopic (exact) mass is 830 g/mol. The molecule has 2 aliphatic heterocycles. The van der Waals surface area contributed by atoms with Gasteiger partial charge in [-0.15, -0.1) is 0 Å². The molecule has 0 aromatic rings. The summed E-state index contributed by atoms with van der Waals surface area (Å²) in [5.74, 6) is -0.229. The molecule has 2 heterocycles. The first-order valence-electron chi connectivity index (χ1n) is 22.2. The predicted octanol–water partition coefficient (Wildman–Crippen LogP) is 3.98. The minimum absolute atomic E-state index is 0.229. The largest absolute Gasteiger partial charge is 0.394 e. The third-order valence-corrected chi connectivity index (χ3v) is 10.9. The van der Waals surface area contributed by atoms with Crippen LogP contribution in [0.5, 0.6) is 0 Å². The van der Waals surface area contributed by atoms with Crippen molar-refractivity contribution in [3.05, 3.63) is 36.5 Å². The first kappa shape index (κ1) is 52.3. The van der Waals surface area contributed by atoms with Crippen LogP contribution in [0.25, 0.3) is 0 Å². The van der Waals surface area contributed by atoms with Crippen LogP contribution in [0.3, 0.4) is 0 Å². The van der Waals surface area contributed by atoms with E-state index >= 15 is 0 Å². The van der Waals surface area contributed by atoms with Gasteiger partial charge in [-0.05, 0) is 51.4 Å². The topological polar surface area (TPSA) is 228 Å². The lowest BCUT2D eigenvalue weighted by Crippen LogP contribution is -2.65. The molecule has 2 fully saturated rings. The van der Waals surface area contributed by atoms with Crippen molar-refractivity contribution in [1.29, 1.82) is 0 Å². The van der Waals surface area contributed by atoms with Gasteiger partial charge in [0.2, 0.25) is 5.91 Å². The lowest BCUT2D eigenvalue weighted by atomic mass is 9.97. The summed E-state index contributed by atoms with van der Waals surface area (Å²) in [6.45, 7) is 2.68. The van der Waals surface area contributed by atoms with Crippen LogP contribution in [0.1, 0.15) is 142 Å². The number of amides is 1. The van der Waals surface area contributed by atoms with Gasteiger partial charge < -0.3 is 65.1 Å². The summed E-state index contributed by atoms with van der Waals surface area (Å²) in [5.41, 5.74) is 0. The number of aliphatic hydroxyl groups is 8. The van der Waals surface area contributed by atoms with Gasteiger partial charge in [-0.2, -0.15) is 0 Å². The Balaban J connectivity index is 1.79. The maximum absolute atomic E-state index is 13.0. The van der Waals surface area contributed by atoms with Crippen molar-refractivity contribution in [2.45, 2.75) is 216 Å². The van der Waals surface area contributed by atoms with Crippen molar-refractivity contribution in [3.8, 4) is 0 Å². The van der Waals surface area contributed by atoms with Gasteiger partial charge in [0.25, 0.3) is 0 Å². The molecule has 1 amide bonds. The Labute approximate surface area is 347 Å². The molecule has 58 heavy (non-hydrogen) atoms. The lowest BCUT2D eigenvalue weighted by Gasteiger charge is -2.46. The molecule has 12 atom stereocenters. The van der Waals surface area contributed by atoms with Gasteiger partial charge in [0.1, 0.15) is 48.8 Å². The standard InChI is InChI=1S/C44H79NO13/c1-3-5-7-9-10-11-12-13-14-15-16-17-18-19-20-21-22-24-26-28-36(49)45-32(33(48)27-25-23-8-6-4-2)31-55-43-41(54)39(52)42(35(30-47)57-43)58-44-40(53)38(51)37(50)34(29-46)56-44/h10-11,13-14,16-17,32-35,37-44,46-48,50-54H,3-9,12,15,18-31H2,1-2H3,(H,45,49)/b11-10-,14-13-,17-16-. The zero-order valence-corrected chi connectivity index (χ0v) is 35.3. The predicted molar refractivity (Wildman–Crippen MR) is 221 cm³/mol. The normalized spacial score (nSPS) is 29.1. The van der Waals surface area contributed by atoms with Crippen LogP contribution >= 0.6 is 0 Å². The number of unbranched alkanes of at least 4 members (excludes halogenated alkanes) is 13. The van der Waals surface area contributed by atoms with Gasteiger partial charge in [0, 0.05) is 6.42 Å². The van der Waals surface area contributed by atoms with Crippen LogP contribution in [0.15, 0.2) is 36.5 Å². The molecule has 0 saturated carbocycles. The molecule has 0 bridgehead atoms. The van der Waals surface area contributed by atoms with E-state index in [0.717, 1.165) is 83.5 Å². The summed E-state index contributed by atoms with van der Waals surface area (Å²) in [5, 5.41) is 86.1. The SMILES string of the molecule is CCCCC/C=C\C/C=C\C/C=C\CCCCCCCCC(=O)NC(COC1OC(CO)C(OC2OC(CO)C(O)C(O)C2O)C(O)C1O)C(O)CCCCCCC. The van der Waals surface area contributed by atoms with Gasteiger partial charge in [0.15, 0.2) is 12.6 Å². The first-order valence-corrected chi connectivity index (χ1v) is 22.2. The number of hydrogen-bond acceptors (Lipinski definition) is 13. The van der Waals surface area contributed by atoms with E-state index in [0.29, 0.717) is 12.8 Å². The Kier molecular flexibility index (Phi) is 28.9. The molecule has 0 aliphatic carbocycles. The Morgan fingerprint density at radius 2 is 1.14 bits per heavy atom. The molecule has 0 aromatic carbocycles. The smallest absolute Gasteiger partial charge is 0.220 e. The molecular weight excluding hydrogens is 750 g/mol. The average molecular weight is 830 g/mol. The zero-order valence-electron chi connectivity index (χ0n) is 35.3. The van der Waals surface area contributed by atoms with Gasteiger partial charge in [-0.3, -0.25) is 4.79 Å². The Morgan fingerprint density at radius 3 is 1.78 bits per heavy atom. The van der Waals surface area contributed by atoms with Gasteiger partial charge in [-0.1, -0.05) is 121 Å². The van der Waals surface area contributed by atoms with Crippen LogP contribution in [-0.4, -0.2) is 140 Å². The molecular formula is C44H79NO13. The third kappa shape index (κ3) is 20.2. The number of hydrogen-bond donors (Lipinski definition) is 9. The Morgan fingerprint density at radius 1 is 0.621 bits per heavy atom. The molecule has 2 saturated heterocycles. The molecule has 0 radical (unpaired) electrons. The highest BCUT2D eigenvalue weighted by Gasteiger charge is 2.51. The van der Waals surface area contributed by atoms with Crippen molar-refractivity contribution in [2.24, 2.45) is 0 Å². The summed E-state index contributed by atoms with van der Waals surface area (Å²) < 4.78 is 22.5. The van der Waals surface area contributed by atoms with E-state index in [-0.39, 0.29) is 18.9 Å². The van der Waals surface area contributed by atoms with Gasteiger partial charge >= 0.3 is 0 Å².